The maximum Gasteiger partial charge on any atom is 0.0959 e. The van der Waals surface area contributed by atoms with Crippen LogP contribution in [0.5, 0.6) is 0 Å². The van der Waals surface area contributed by atoms with Crippen molar-refractivity contribution < 1.29 is 4.74 Å². The SMILES string of the molecule is CC(C)N1CCOC(Cn2cnc3ccccc32)C1. The Morgan fingerprint density at radius 1 is 1.37 bits per heavy atom. The molecule has 0 amide bonds. The summed E-state index contributed by atoms with van der Waals surface area (Å²) in [6, 6.07) is 8.84. The van der Waals surface area contributed by atoms with E-state index in [1.54, 1.807) is 0 Å². The number of ether oxygens (including phenoxy) is 1. The first kappa shape index (κ1) is 12.6. The Morgan fingerprint density at radius 3 is 3.05 bits per heavy atom. The Bertz CT molecular complexity index is 549. The molecule has 0 bridgehead atoms. The molecule has 1 saturated heterocycles. The average molecular weight is 259 g/mol. The van der Waals surface area contributed by atoms with Crippen molar-refractivity contribution in [1.29, 1.82) is 0 Å². The van der Waals surface area contributed by atoms with E-state index in [0.29, 0.717) is 6.04 Å². The molecule has 0 radical (unpaired) electrons. The predicted molar refractivity (Wildman–Crippen MR) is 76.2 cm³/mol. The van der Waals surface area contributed by atoms with Gasteiger partial charge in [0, 0.05) is 19.1 Å². The van der Waals surface area contributed by atoms with Gasteiger partial charge in [0.1, 0.15) is 0 Å². The molecule has 3 rings (SSSR count). The summed E-state index contributed by atoms with van der Waals surface area (Å²) < 4.78 is 8.09. The summed E-state index contributed by atoms with van der Waals surface area (Å²) in [5.41, 5.74) is 2.24. The fourth-order valence-corrected chi connectivity index (χ4v) is 2.70. The molecule has 1 aromatic heterocycles. The van der Waals surface area contributed by atoms with Gasteiger partial charge in [0.15, 0.2) is 0 Å². The molecule has 0 saturated carbocycles. The van der Waals surface area contributed by atoms with Crippen molar-refractivity contribution in [2.24, 2.45) is 0 Å². The van der Waals surface area contributed by atoms with Crippen molar-refractivity contribution >= 4 is 11.0 Å². The monoisotopic (exact) mass is 259 g/mol. The van der Waals surface area contributed by atoms with Crippen LogP contribution < -0.4 is 0 Å². The average Bonchev–Trinajstić information content (AvgIpc) is 2.83. The highest BCUT2D eigenvalue weighted by Gasteiger charge is 2.22. The number of nitrogens with zero attached hydrogens (tertiary/aromatic N) is 3. The number of rotatable bonds is 3. The zero-order valence-electron chi connectivity index (χ0n) is 11.6. The van der Waals surface area contributed by atoms with Crippen LogP contribution >= 0.6 is 0 Å². The maximum absolute atomic E-state index is 5.89. The van der Waals surface area contributed by atoms with Crippen molar-refractivity contribution in [2.75, 3.05) is 19.7 Å². The molecule has 0 aliphatic carbocycles. The number of morpholine rings is 1. The van der Waals surface area contributed by atoms with Crippen LogP contribution in [0.1, 0.15) is 13.8 Å². The lowest BCUT2D eigenvalue weighted by Gasteiger charge is -2.35. The van der Waals surface area contributed by atoms with Gasteiger partial charge in [-0.15, -0.1) is 0 Å². The first-order chi connectivity index (χ1) is 9.24. The topological polar surface area (TPSA) is 30.3 Å². The van der Waals surface area contributed by atoms with Crippen molar-refractivity contribution in [2.45, 2.75) is 32.5 Å². The second-order valence-electron chi connectivity index (χ2n) is 5.47. The van der Waals surface area contributed by atoms with Crippen molar-refractivity contribution in [3.63, 3.8) is 0 Å². The van der Waals surface area contributed by atoms with Gasteiger partial charge in [0.2, 0.25) is 0 Å². The fourth-order valence-electron chi connectivity index (χ4n) is 2.70. The van der Waals surface area contributed by atoms with Crippen molar-refractivity contribution in [3.05, 3.63) is 30.6 Å². The number of hydrogen-bond acceptors (Lipinski definition) is 3. The molecular weight excluding hydrogens is 238 g/mol. The van der Waals surface area contributed by atoms with E-state index >= 15 is 0 Å². The Kier molecular flexibility index (Phi) is 3.53. The minimum Gasteiger partial charge on any atom is -0.374 e. The van der Waals surface area contributed by atoms with Crippen LogP contribution in [0.3, 0.4) is 0 Å². The highest BCUT2D eigenvalue weighted by atomic mass is 16.5. The van der Waals surface area contributed by atoms with E-state index < -0.39 is 0 Å². The molecule has 1 aliphatic heterocycles. The van der Waals surface area contributed by atoms with Gasteiger partial charge in [-0.05, 0) is 26.0 Å². The first-order valence-corrected chi connectivity index (χ1v) is 6.99. The summed E-state index contributed by atoms with van der Waals surface area (Å²) in [5, 5.41) is 0. The zero-order valence-corrected chi connectivity index (χ0v) is 11.6. The number of hydrogen-bond donors (Lipinski definition) is 0. The Hall–Kier alpha value is -1.39. The van der Waals surface area contributed by atoms with Crippen LogP contribution in [0, 0.1) is 0 Å². The predicted octanol–water partition coefficient (Wildman–Crippen LogP) is 2.15. The van der Waals surface area contributed by atoms with E-state index in [-0.39, 0.29) is 6.10 Å². The van der Waals surface area contributed by atoms with Gasteiger partial charge in [-0.2, -0.15) is 0 Å². The molecule has 1 atom stereocenters. The van der Waals surface area contributed by atoms with Gasteiger partial charge >= 0.3 is 0 Å². The molecule has 0 N–H and O–H groups in total. The van der Waals surface area contributed by atoms with Crippen LogP contribution in [0.25, 0.3) is 11.0 Å². The van der Waals surface area contributed by atoms with Crippen LogP contribution in [-0.4, -0.2) is 46.3 Å². The molecule has 1 fully saturated rings. The van der Waals surface area contributed by atoms with Crippen LogP contribution in [0.2, 0.25) is 0 Å². The second kappa shape index (κ2) is 5.31. The molecule has 1 aromatic carbocycles. The number of para-hydroxylation sites is 2. The quantitative estimate of drug-likeness (QED) is 0.846. The van der Waals surface area contributed by atoms with Gasteiger partial charge in [-0.1, -0.05) is 12.1 Å². The summed E-state index contributed by atoms with van der Waals surface area (Å²) in [4.78, 5) is 6.91. The van der Waals surface area contributed by atoms with E-state index in [0.717, 1.165) is 31.8 Å². The third kappa shape index (κ3) is 2.65. The third-order valence-electron chi connectivity index (χ3n) is 3.83. The first-order valence-electron chi connectivity index (χ1n) is 6.99. The summed E-state index contributed by atoms with van der Waals surface area (Å²) in [6.45, 7) is 8.24. The van der Waals surface area contributed by atoms with Gasteiger partial charge in [-0.25, -0.2) is 4.98 Å². The minimum absolute atomic E-state index is 0.258. The minimum atomic E-state index is 0.258. The number of benzene rings is 1. The van der Waals surface area contributed by atoms with Crippen molar-refractivity contribution in [3.8, 4) is 0 Å². The lowest BCUT2D eigenvalue weighted by atomic mass is 10.2. The van der Waals surface area contributed by atoms with Crippen LogP contribution in [0.15, 0.2) is 30.6 Å². The summed E-state index contributed by atoms with van der Waals surface area (Å²) in [6.07, 6.45) is 2.18. The Labute approximate surface area is 114 Å². The second-order valence-corrected chi connectivity index (χ2v) is 5.47. The summed E-state index contributed by atoms with van der Waals surface area (Å²) >= 11 is 0. The number of imidazole rings is 1. The van der Waals surface area contributed by atoms with E-state index in [9.17, 15) is 0 Å². The standard InChI is InChI=1S/C15H21N3O/c1-12(2)17-7-8-19-13(9-17)10-18-11-16-14-5-3-4-6-15(14)18/h3-6,11-13H,7-10H2,1-2H3. The van der Waals surface area contributed by atoms with E-state index in [1.165, 1.54) is 5.52 Å². The van der Waals surface area contributed by atoms with Crippen molar-refractivity contribution in [1.82, 2.24) is 14.5 Å². The smallest absolute Gasteiger partial charge is 0.0959 e. The molecular formula is C15H21N3O. The van der Waals surface area contributed by atoms with Gasteiger partial charge in [0.05, 0.1) is 36.6 Å². The Balaban J connectivity index is 1.74. The van der Waals surface area contributed by atoms with E-state index in [2.05, 4.69) is 40.4 Å². The number of aromatic nitrogens is 2. The largest absolute Gasteiger partial charge is 0.374 e. The molecule has 4 nitrogen and oxygen atoms in total. The molecule has 2 aromatic rings. The molecule has 1 unspecified atom stereocenters. The van der Waals surface area contributed by atoms with Gasteiger partial charge in [0.25, 0.3) is 0 Å². The van der Waals surface area contributed by atoms with Crippen LogP contribution in [0.4, 0.5) is 0 Å². The molecule has 102 valence electrons. The lowest BCUT2D eigenvalue weighted by molar-refractivity contribution is -0.0451. The molecule has 1 aliphatic rings. The molecule has 2 heterocycles. The van der Waals surface area contributed by atoms with E-state index in [4.69, 9.17) is 4.74 Å². The Morgan fingerprint density at radius 2 is 2.21 bits per heavy atom. The third-order valence-corrected chi connectivity index (χ3v) is 3.83. The molecule has 4 heteroatoms. The highest BCUT2D eigenvalue weighted by Crippen LogP contribution is 2.15. The normalized spacial score (nSPS) is 21.3. The molecule has 0 spiro atoms. The van der Waals surface area contributed by atoms with Gasteiger partial charge < -0.3 is 9.30 Å². The lowest BCUT2D eigenvalue weighted by Crippen LogP contribution is -2.47. The highest BCUT2D eigenvalue weighted by molar-refractivity contribution is 5.74. The summed E-state index contributed by atoms with van der Waals surface area (Å²) in [7, 11) is 0. The number of fused-ring (bicyclic) bond motifs is 1. The van der Waals surface area contributed by atoms with Gasteiger partial charge in [-0.3, -0.25) is 4.90 Å². The van der Waals surface area contributed by atoms with E-state index in [1.807, 2.05) is 18.5 Å². The zero-order chi connectivity index (χ0) is 13.2. The fraction of sp³-hybridized carbons (Fsp3) is 0.533. The molecule has 19 heavy (non-hydrogen) atoms. The summed E-state index contributed by atoms with van der Waals surface area (Å²) in [5.74, 6) is 0. The maximum atomic E-state index is 5.89. The van der Waals surface area contributed by atoms with Crippen LogP contribution in [-0.2, 0) is 11.3 Å².